The molecule has 5 heteroatoms. The quantitative estimate of drug-likeness (QED) is 0.688. The van der Waals surface area contributed by atoms with E-state index < -0.39 is 5.95 Å². The van der Waals surface area contributed by atoms with Crippen LogP contribution in [0.4, 0.5) is 10.2 Å². The number of nitrogens with zero attached hydrogens (tertiary/aromatic N) is 4. The maximum absolute atomic E-state index is 13.1. The van der Waals surface area contributed by atoms with E-state index in [4.69, 9.17) is 0 Å². The van der Waals surface area contributed by atoms with Crippen LogP contribution in [0.5, 0.6) is 0 Å². The average molecular weight is 236 g/mol. The molecule has 0 bridgehead atoms. The van der Waals surface area contributed by atoms with Crippen molar-refractivity contribution in [1.29, 1.82) is 0 Å². The summed E-state index contributed by atoms with van der Waals surface area (Å²) in [5.41, 5.74) is 0. The van der Waals surface area contributed by atoms with Crippen LogP contribution in [0.2, 0.25) is 0 Å². The van der Waals surface area contributed by atoms with E-state index in [1.165, 1.54) is 31.8 Å². The second kappa shape index (κ2) is 4.56. The second-order valence-corrected chi connectivity index (χ2v) is 4.83. The normalized spacial score (nSPS) is 25.7. The van der Waals surface area contributed by atoms with Gasteiger partial charge in [-0.15, -0.1) is 0 Å². The summed E-state index contributed by atoms with van der Waals surface area (Å²) >= 11 is 0. The van der Waals surface area contributed by atoms with Gasteiger partial charge >= 0.3 is 0 Å². The van der Waals surface area contributed by atoms with Crippen LogP contribution >= 0.6 is 0 Å². The van der Waals surface area contributed by atoms with Crippen molar-refractivity contribution >= 4 is 5.82 Å². The third kappa shape index (κ3) is 2.24. The van der Waals surface area contributed by atoms with Crippen LogP contribution in [-0.2, 0) is 0 Å². The lowest BCUT2D eigenvalue weighted by atomic mass is 10.2. The highest BCUT2D eigenvalue weighted by molar-refractivity contribution is 5.37. The van der Waals surface area contributed by atoms with Crippen LogP contribution in [0.3, 0.4) is 0 Å². The lowest BCUT2D eigenvalue weighted by Gasteiger charge is -2.26. The Balaban J connectivity index is 1.78. The Hall–Kier alpha value is -1.23. The van der Waals surface area contributed by atoms with Gasteiger partial charge in [-0.25, -0.2) is 9.97 Å². The first-order valence-electron chi connectivity index (χ1n) is 6.29. The van der Waals surface area contributed by atoms with Crippen LogP contribution in [-0.4, -0.2) is 47.1 Å². The summed E-state index contributed by atoms with van der Waals surface area (Å²) in [6, 6.07) is 2.06. The molecule has 2 saturated heterocycles. The average Bonchev–Trinajstić information content (AvgIpc) is 2.66. The molecule has 2 fully saturated rings. The van der Waals surface area contributed by atoms with Gasteiger partial charge < -0.3 is 4.90 Å². The number of anilines is 1. The maximum atomic E-state index is 13.1. The van der Waals surface area contributed by atoms with Crippen LogP contribution in [0, 0.1) is 5.95 Å². The first-order valence-corrected chi connectivity index (χ1v) is 6.29. The summed E-state index contributed by atoms with van der Waals surface area (Å²) in [6.45, 7) is 4.31. The molecule has 17 heavy (non-hydrogen) atoms. The fraction of sp³-hybridized carbons (Fsp3) is 0.667. The van der Waals surface area contributed by atoms with E-state index in [1.54, 1.807) is 0 Å². The first-order chi connectivity index (χ1) is 8.33. The van der Waals surface area contributed by atoms with Crippen molar-refractivity contribution < 1.29 is 4.39 Å². The van der Waals surface area contributed by atoms with Crippen molar-refractivity contribution in [3.63, 3.8) is 0 Å². The summed E-state index contributed by atoms with van der Waals surface area (Å²) in [5.74, 6) is 0.286. The van der Waals surface area contributed by atoms with Crippen molar-refractivity contribution in [1.82, 2.24) is 14.9 Å². The zero-order valence-electron chi connectivity index (χ0n) is 9.85. The van der Waals surface area contributed by atoms with E-state index in [0.29, 0.717) is 6.04 Å². The van der Waals surface area contributed by atoms with Crippen LogP contribution in [0.25, 0.3) is 0 Å². The standard InChI is InChI=1S/C12H17FN4/c13-11-7-12(15-9-14-11)17-6-2-5-16-4-1-3-10(16)8-17/h7,9-10H,1-6,8H2. The van der Waals surface area contributed by atoms with Crippen molar-refractivity contribution in [2.24, 2.45) is 0 Å². The van der Waals surface area contributed by atoms with Gasteiger partial charge in [0.15, 0.2) is 0 Å². The highest BCUT2D eigenvalue weighted by Crippen LogP contribution is 2.23. The Bertz CT molecular complexity index is 398. The summed E-state index contributed by atoms with van der Waals surface area (Å²) in [4.78, 5) is 12.4. The molecular weight excluding hydrogens is 219 g/mol. The lowest BCUT2D eigenvalue weighted by molar-refractivity contribution is 0.273. The van der Waals surface area contributed by atoms with Gasteiger partial charge in [-0.3, -0.25) is 4.90 Å². The number of rotatable bonds is 1. The minimum absolute atomic E-state index is 0.442. The Morgan fingerprint density at radius 2 is 2.06 bits per heavy atom. The van der Waals surface area contributed by atoms with Gasteiger partial charge in [0.2, 0.25) is 5.95 Å². The van der Waals surface area contributed by atoms with Gasteiger partial charge in [-0.1, -0.05) is 0 Å². The summed E-state index contributed by atoms with van der Waals surface area (Å²) < 4.78 is 13.1. The zero-order valence-corrected chi connectivity index (χ0v) is 9.85. The Morgan fingerprint density at radius 3 is 2.94 bits per heavy atom. The first kappa shape index (κ1) is 10.9. The number of fused-ring (bicyclic) bond motifs is 1. The van der Waals surface area contributed by atoms with E-state index in [2.05, 4.69) is 19.8 Å². The third-order valence-corrected chi connectivity index (χ3v) is 3.75. The molecule has 2 aliphatic heterocycles. The van der Waals surface area contributed by atoms with Crippen molar-refractivity contribution in [3.05, 3.63) is 18.3 Å². The molecule has 1 unspecified atom stereocenters. The predicted octanol–water partition coefficient (Wildman–Crippen LogP) is 1.29. The summed E-state index contributed by atoms with van der Waals surface area (Å²) in [7, 11) is 0. The Morgan fingerprint density at radius 1 is 1.18 bits per heavy atom. The molecule has 0 spiro atoms. The molecule has 1 atom stereocenters. The van der Waals surface area contributed by atoms with Crippen molar-refractivity contribution in [3.8, 4) is 0 Å². The minimum Gasteiger partial charge on any atom is -0.355 e. The van der Waals surface area contributed by atoms with Gasteiger partial charge in [0.1, 0.15) is 12.1 Å². The Labute approximate surface area is 100 Å². The minimum atomic E-state index is -0.442. The van der Waals surface area contributed by atoms with Crippen molar-refractivity contribution in [2.45, 2.75) is 25.3 Å². The number of hydrogen-bond donors (Lipinski definition) is 0. The van der Waals surface area contributed by atoms with Crippen LogP contribution in [0.1, 0.15) is 19.3 Å². The number of halogens is 1. The molecule has 2 aliphatic rings. The molecule has 92 valence electrons. The van der Waals surface area contributed by atoms with Crippen LogP contribution in [0.15, 0.2) is 12.4 Å². The second-order valence-electron chi connectivity index (χ2n) is 4.83. The fourth-order valence-electron chi connectivity index (χ4n) is 2.91. The molecule has 4 nitrogen and oxygen atoms in total. The van der Waals surface area contributed by atoms with Gasteiger partial charge in [0, 0.05) is 31.7 Å². The van der Waals surface area contributed by atoms with E-state index >= 15 is 0 Å². The monoisotopic (exact) mass is 236 g/mol. The molecule has 1 aromatic heterocycles. The molecule has 0 aliphatic carbocycles. The predicted molar refractivity (Wildman–Crippen MR) is 63.4 cm³/mol. The van der Waals surface area contributed by atoms with Crippen molar-refractivity contribution in [2.75, 3.05) is 31.1 Å². The lowest BCUT2D eigenvalue weighted by Crippen LogP contribution is -2.37. The highest BCUT2D eigenvalue weighted by atomic mass is 19.1. The van der Waals surface area contributed by atoms with E-state index in [0.717, 1.165) is 31.9 Å². The largest absolute Gasteiger partial charge is 0.355 e. The van der Waals surface area contributed by atoms with Gasteiger partial charge in [0.05, 0.1) is 0 Å². The SMILES string of the molecule is Fc1cc(N2CCCN3CCCC3C2)ncn1. The van der Waals surface area contributed by atoms with Gasteiger partial charge in [-0.2, -0.15) is 4.39 Å². The smallest absolute Gasteiger partial charge is 0.218 e. The maximum Gasteiger partial charge on any atom is 0.218 e. The molecule has 3 rings (SSSR count). The highest BCUT2D eigenvalue weighted by Gasteiger charge is 2.29. The molecule has 0 N–H and O–H groups in total. The Kier molecular flexibility index (Phi) is 2.93. The molecule has 0 aromatic carbocycles. The fourth-order valence-corrected chi connectivity index (χ4v) is 2.91. The van der Waals surface area contributed by atoms with Gasteiger partial charge in [-0.05, 0) is 25.8 Å². The zero-order chi connectivity index (χ0) is 11.7. The number of aromatic nitrogens is 2. The molecule has 3 heterocycles. The molecular formula is C12H17FN4. The molecule has 1 aromatic rings. The molecule has 0 saturated carbocycles. The molecule has 0 amide bonds. The van der Waals surface area contributed by atoms with Crippen LogP contribution < -0.4 is 4.90 Å². The van der Waals surface area contributed by atoms with E-state index in [1.807, 2.05) is 0 Å². The summed E-state index contributed by atoms with van der Waals surface area (Å²) in [5, 5.41) is 0. The van der Waals surface area contributed by atoms with Gasteiger partial charge in [0.25, 0.3) is 0 Å². The summed E-state index contributed by atoms with van der Waals surface area (Å²) in [6.07, 6.45) is 4.98. The van der Waals surface area contributed by atoms with E-state index in [-0.39, 0.29) is 0 Å². The van der Waals surface area contributed by atoms with E-state index in [9.17, 15) is 4.39 Å². The topological polar surface area (TPSA) is 32.3 Å². The number of hydrogen-bond acceptors (Lipinski definition) is 4. The molecule has 0 radical (unpaired) electrons. The third-order valence-electron chi connectivity index (χ3n) is 3.75.